The van der Waals surface area contributed by atoms with Gasteiger partial charge >= 0.3 is 0 Å². The van der Waals surface area contributed by atoms with Crippen molar-refractivity contribution < 1.29 is 0 Å². The number of likely N-dealkylation sites (N-methyl/N-ethyl adjacent to an activating group) is 1. The first kappa shape index (κ1) is 14.8. The lowest BCUT2D eigenvalue weighted by Gasteiger charge is -2.17. The van der Waals surface area contributed by atoms with Gasteiger partial charge in [-0.25, -0.2) is 5.43 Å². The summed E-state index contributed by atoms with van der Waals surface area (Å²) in [6.07, 6.45) is 1.13. The van der Waals surface area contributed by atoms with Crippen LogP contribution in [0.4, 0.5) is 0 Å². The van der Waals surface area contributed by atoms with Crippen molar-refractivity contribution in [1.29, 1.82) is 0 Å². The quantitative estimate of drug-likeness (QED) is 0.423. The molecule has 0 aliphatic carbocycles. The average molecular weight is 215 g/mol. The molecule has 0 fully saturated rings. The van der Waals surface area contributed by atoms with E-state index in [1.165, 1.54) is 0 Å². The topological polar surface area (TPSA) is 32.6 Å². The highest BCUT2D eigenvalue weighted by Gasteiger charge is 1.97. The molecule has 1 N–H and O–H groups in total. The van der Waals surface area contributed by atoms with Gasteiger partial charge in [-0.2, -0.15) is 5.43 Å². The zero-order valence-corrected chi connectivity index (χ0v) is 10.8. The van der Waals surface area contributed by atoms with Crippen molar-refractivity contribution in [2.24, 2.45) is 0 Å². The number of rotatable bonds is 10. The zero-order valence-electron chi connectivity index (χ0n) is 10.8. The van der Waals surface area contributed by atoms with Crippen LogP contribution in [0.2, 0.25) is 0 Å². The van der Waals surface area contributed by atoms with Gasteiger partial charge in [-0.3, -0.25) is 0 Å². The monoisotopic (exact) mass is 215 g/mol. The molecule has 0 bridgehead atoms. The summed E-state index contributed by atoms with van der Waals surface area (Å²) < 4.78 is 0. The molecule has 15 heavy (non-hydrogen) atoms. The molecule has 0 rings (SSSR count). The van der Waals surface area contributed by atoms with Gasteiger partial charge in [-0.05, 0) is 40.2 Å². The Labute approximate surface area is 95.0 Å². The van der Waals surface area contributed by atoms with Gasteiger partial charge < -0.3 is 9.80 Å². The number of nitrogens with zero attached hydrogens (tertiary/aromatic N) is 3. The molecule has 0 heterocycles. The van der Waals surface area contributed by atoms with Gasteiger partial charge in [0.15, 0.2) is 0 Å². The van der Waals surface area contributed by atoms with Crippen molar-refractivity contribution in [3.05, 3.63) is 0 Å². The summed E-state index contributed by atoms with van der Waals surface area (Å²) >= 11 is 0. The maximum Gasteiger partial charge on any atom is 0.0316 e. The third kappa shape index (κ3) is 10.1. The molecule has 0 saturated carbocycles. The maximum atomic E-state index is 4.28. The largest absolute Gasteiger partial charge is 0.309 e. The Morgan fingerprint density at radius 1 is 1.07 bits per heavy atom. The Hall–Kier alpha value is -0.160. The van der Waals surface area contributed by atoms with E-state index in [0.29, 0.717) is 0 Å². The van der Waals surface area contributed by atoms with Crippen molar-refractivity contribution in [1.82, 2.24) is 20.7 Å². The molecule has 4 heteroatoms. The van der Waals surface area contributed by atoms with Crippen molar-refractivity contribution in [3.63, 3.8) is 0 Å². The van der Waals surface area contributed by atoms with E-state index in [9.17, 15) is 0 Å². The molecule has 0 unspecified atom stereocenters. The molecule has 0 aromatic heterocycles. The molecule has 0 spiro atoms. The van der Waals surface area contributed by atoms with Gasteiger partial charge in [0.1, 0.15) is 0 Å². The van der Waals surface area contributed by atoms with Gasteiger partial charge in [0, 0.05) is 19.6 Å². The lowest BCUT2D eigenvalue weighted by Crippen LogP contribution is -2.36. The predicted octanol–water partition coefficient (Wildman–Crippen LogP) is 0.389. The maximum absolute atomic E-state index is 4.28. The van der Waals surface area contributed by atoms with Crippen LogP contribution in [0.1, 0.15) is 20.3 Å². The molecule has 91 valence electrons. The molecular formula is C11H27N4. The number of nitrogens with one attached hydrogen (secondary N) is 1. The summed E-state index contributed by atoms with van der Waals surface area (Å²) in [6.45, 7) is 10.7. The van der Waals surface area contributed by atoms with Crippen LogP contribution in [-0.2, 0) is 0 Å². The van der Waals surface area contributed by atoms with Crippen molar-refractivity contribution in [3.8, 4) is 0 Å². The second-order valence-electron chi connectivity index (χ2n) is 3.97. The van der Waals surface area contributed by atoms with Gasteiger partial charge in [-0.1, -0.05) is 13.8 Å². The molecule has 0 aromatic carbocycles. The SMILES string of the molecule is CCN(CC)CCN[N]CCCN(C)C. The molecule has 0 amide bonds. The Balaban J connectivity index is 3.10. The highest BCUT2D eigenvalue weighted by atomic mass is 15.4. The first-order chi connectivity index (χ1) is 7.20. The summed E-state index contributed by atoms with van der Waals surface area (Å²) in [4.78, 5) is 4.58. The minimum atomic E-state index is 0.913. The Kier molecular flexibility index (Phi) is 10.3. The van der Waals surface area contributed by atoms with Gasteiger partial charge in [0.05, 0.1) is 0 Å². The third-order valence-electron chi connectivity index (χ3n) is 2.42. The standard InChI is InChI=1S/C11H27N4/c1-5-15(6-2)11-9-13-12-8-7-10-14(3)4/h13H,5-11H2,1-4H3. The third-order valence-corrected chi connectivity index (χ3v) is 2.42. The van der Waals surface area contributed by atoms with E-state index < -0.39 is 0 Å². The van der Waals surface area contributed by atoms with Crippen LogP contribution in [0, 0.1) is 0 Å². The molecular weight excluding hydrogens is 188 g/mol. The summed E-state index contributed by atoms with van der Waals surface area (Å²) in [5.74, 6) is 0. The predicted molar refractivity (Wildman–Crippen MR) is 66.0 cm³/mol. The first-order valence-corrected chi connectivity index (χ1v) is 5.97. The van der Waals surface area contributed by atoms with Crippen LogP contribution in [0.15, 0.2) is 0 Å². The van der Waals surface area contributed by atoms with Gasteiger partial charge in [-0.15, -0.1) is 0 Å². The molecule has 0 aliphatic heterocycles. The molecule has 4 nitrogen and oxygen atoms in total. The molecule has 0 aromatic rings. The molecule has 0 saturated heterocycles. The summed E-state index contributed by atoms with van der Waals surface area (Å²) in [6, 6.07) is 0. The second kappa shape index (κ2) is 10.4. The van der Waals surface area contributed by atoms with Crippen LogP contribution >= 0.6 is 0 Å². The smallest absolute Gasteiger partial charge is 0.0316 e. The molecule has 0 atom stereocenters. The fraction of sp³-hybridized carbons (Fsp3) is 1.00. The van der Waals surface area contributed by atoms with Crippen LogP contribution in [-0.4, -0.2) is 63.2 Å². The minimum Gasteiger partial charge on any atom is -0.309 e. The molecule has 0 aliphatic rings. The van der Waals surface area contributed by atoms with Gasteiger partial charge in [0.25, 0.3) is 0 Å². The van der Waals surface area contributed by atoms with Crippen LogP contribution < -0.4 is 10.9 Å². The zero-order chi connectivity index (χ0) is 11.5. The van der Waals surface area contributed by atoms with Crippen molar-refractivity contribution in [2.45, 2.75) is 20.3 Å². The Morgan fingerprint density at radius 2 is 1.73 bits per heavy atom. The van der Waals surface area contributed by atoms with E-state index in [4.69, 9.17) is 0 Å². The highest BCUT2D eigenvalue weighted by Crippen LogP contribution is 1.84. The summed E-state index contributed by atoms with van der Waals surface area (Å²) in [5.41, 5.74) is 7.40. The Bertz CT molecular complexity index is 124. The lowest BCUT2D eigenvalue weighted by atomic mass is 10.4. The van der Waals surface area contributed by atoms with E-state index in [2.05, 4.69) is 48.6 Å². The number of hydrogen-bond acceptors (Lipinski definition) is 3. The van der Waals surface area contributed by atoms with Crippen LogP contribution in [0.5, 0.6) is 0 Å². The van der Waals surface area contributed by atoms with Gasteiger partial charge in [0.2, 0.25) is 0 Å². The summed E-state index contributed by atoms with van der Waals surface area (Å²) in [7, 11) is 4.18. The van der Waals surface area contributed by atoms with E-state index >= 15 is 0 Å². The normalized spacial score (nSPS) is 11.6. The van der Waals surface area contributed by atoms with Crippen molar-refractivity contribution in [2.75, 3.05) is 53.4 Å². The van der Waals surface area contributed by atoms with E-state index in [0.717, 1.165) is 45.7 Å². The van der Waals surface area contributed by atoms with Crippen LogP contribution in [0.25, 0.3) is 0 Å². The first-order valence-electron chi connectivity index (χ1n) is 5.97. The average Bonchev–Trinajstić information content (AvgIpc) is 2.22. The highest BCUT2D eigenvalue weighted by molar-refractivity contribution is 4.53. The van der Waals surface area contributed by atoms with E-state index in [1.54, 1.807) is 0 Å². The molecule has 1 radical (unpaired) electrons. The Morgan fingerprint density at radius 3 is 2.27 bits per heavy atom. The fourth-order valence-corrected chi connectivity index (χ4v) is 1.37. The van der Waals surface area contributed by atoms with Crippen molar-refractivity contribution >= 4 is 0 Å². The lowest BCUT2D eigenvalue weighted by molar-refractivity contribution is 0.293. The van der Waals surface area contributed by atoms with E-state index in [1.807, 2.05) is 0 Å². The fourth-order valence-electron chi connectivity index (χ4n) is 1.37. The minimum absolute atomic E-state index is 0.913. The number of hydrogen-bond donors (Lipinski definition) is 1. The van der Waals surface area contributed by atoms with Crippen LogP contribution in [0.3, 0.4) is 0 Å². The van der Waals surface area contributed by atoms with E-state index in [-0.39, 0.29) is 0 Å². The summed E-state index contributed by atoms with van der Waals surface area (Å²) in [5, 5.41) is 0. The second-order valence-corrected chi connectivity index (χ2v) is 3.97.